The number of carbonyl (C=O) groups excluding carboxylic acids is 1. The summed E-state index contributed by atoms with van der Waals surface area (Å²) in [6, 6.07) is 10.3. The van der Waals surface area contributed by atoms with Crippen molar-refractivity contribution >= 4 is 12.1 Å². The summed E-state index contributed by atoms with van der Waals surface area (Å²) in [4.78, 5) is 11.8. The van der Waals surface area contributed by atoms with Gasteiger partial charge in [-0.2, -0.15) is 5.10 Å². The predicted molar refractivity (Wildman–Crippen MR) is 101 cm³/mol. The minimum absolute atomic E-state index is 0.0351. The summed E-state index contributed by atoms with van der Waals surface area (Å²) in [5.41, 5.74) is 4.63. The molecule has 3 N–H and O–H groups in total. The fraction of sp³-hybridized carbons (Fsp3) is 0.300. The van der Waals surface area contributed by atoms with E-state index in [4.69, 9.17) is 4.74 Å². The Labute approximate surface area is 153 Å². The normalized spacial score (nSPS) is 11.5. The van der Waals surface area contributed by atoms with Crippen molar-refractivity contribution in [3.05, 3.63) is 53.1 Å². The number of nitrogens with one attached hydrogen (secondary N) is 1. The van der Waals surface area contributed by atoms with Gasteiger partial charge in [0, 0.05) is 11.6 Å². The summed E-state index contributed by atoms with van der Waals surface area (Å²) in [5, 5.41) is 23.0. The van der Waals surface area contributed by atoms with Gasteiger partial charge in [-0.05, 0) is 41.7 Å². The molecule has 0 bridgehead atoms. The average molecular weight is 356 g/mol. The maximum absolute atomic E-state index is 11.8. The number of nitrogens with zero attached hydrogens (tertiary/aromatic N) is 1. The van der Waals surface area contributed by atoms with Crippen molar-refractivity contribution in [3.8, 4) is 17.2 Å². The molecule has 0 aliphatic rings. The standard InChI is InChI=1S/C20H24N2O4/c1-13-9-15(23)10-18(24)17(13)11-21-22-19(25)12-26-16-7-5-14(6-8-16)20(2,3)4/h5-11,23-24H,12H2,1-4H3,(H,22,25)/b21-11-. The van der Waals surface area contributed by atoms with E-state index < -0.39 is 5.91 Å². The summed E-state index contributed by atoms with van der Waals surface area (Å²) in [5.74, 6) is 0.0315. The quantitative estimate of drug-likeness (QED) is 0.567. The second-order valence-corrected chi connectivity index (χ2v) is 7.05. The molecule has 6 nitrogen and oxygen atoms in total. The highest BCUT2D eigenvalue weighted by Gasteiger charge is 2.13. The third kappa shape index (κ3) is 5.24. The van der Waals surface area contributed by atoms with Gasteiger partial charge in [0.15, 0.2) is 6.61 Å². The van der Waals surface area contributed by atoms with Crippen LogP contribution < -0.4 is 10.2 Å². The van der Waals surface area contributed by atoms with Gasteiger partial charge in [0.1, 0.15) is 17.2 Å². The number of carbonyl (C=O) groups is 1. The Morgan fingerprint density at radius 1 is 1.19 bits per heavy atom. The number of amides is 1. The van der Waals surface area contributed by atoms with Crippen molar-refractivity contribution in [2.75, 3.05) is 6.61 Å². The number of rotatable bonds is 5. The number of hydrogen-bond donors (Lipinski definition) is 3. The van der Waals surface area contributed by atoms with Crippen LogP contribution in [0.2, 0.25) is 0 Å². The summed E-state index contributed by atoms with van der Waals surface area (Å²) in [6.45, 7) is 7.92. The topological polar surface area (TPSA) is 91.1 Å². The molecule has 0 radical (unpaired) electrons. The number of phenolic OH excluding ortho intramolecular Hbond substituents is 2. The van der Waals surface area contributed by atoms with E-state index in [-0.39, 0.29) is 23.5 Å². The van der Waals surface area contributed by atoms with Crippen LogP contribution in [0, 0.1) is 6.92 Å². The Kier molecular flexibility index (Phi) is 5.87. The molecule has 2 aromatic rings. The zero-order chi connectivity index (χ0) is 19.3. The molecule has 0 saturated carbocycles. The van der Waals surface area contributed by atoms with Gasteiger partial charge in [0.05, 0.1) is 6.21 Å². The SMILES string of the molecule is Cc1cc(O)cc(O)c1/C=N\NC(=O)COc1ccc(C(C)(C)C)cc1. The Balaban J connectivity index is 1.88. The first kappa shape index (κ1) is 19.3. The van der Waals surface area contributed by atoms with Crippen LogP contribution in [0.3, 0.4) is 0 Å². The van der Waals surface area contributed by atoms with Crippen molar-refractivity contribution < 1.29 is 19.7 Å². The summed E-state index contributed by atoms with van der Waals surface area (Å²) < 4.78 is 5.43. The van der Waals surface area contributed by atoms with E-state index in [0.29, 0.717) is 16.9 Å². The first-order chi connectivity index (χ1) is 12.2. The average Bonchev–Trinajstić information content (AvgIpc) is 2.55. The van der Waals surface area contributed by atoms with Crippen LogP contribution in [0.25, 0.3) is 0 Å². The van der Waals surface area contributed by atoms with Crippen LogP contribution in [-0.2, 0) is 10.2 Å². The van der Waals surface area contributed by atoms with E-state index in [9.17, 15) is 15.0 Å². The number of aromatic hydroxyl groups is 2. The molecule has 0 aliphatic heterocycles. The number of phenols is 2. The van der Waals surface area contributed by atoms with Crippen LogP contribution in [0.15, 0.2) is 41.5 Å². The van der Waals surface area contributed by atoms with Crippen molar-refractivity contribution in [1.82, 2.24) is 5.43 Å². The lowest BCUT2D eigenvalue weighted by Gasteiger charge is -2.19. The number of benzene rings is 2. The van der Waals surface area contributed by atoms with Crippen molar-refractivity contribution in [1.29, 1.82) is 0 Å². The zero-order valence-electron chi connectivity index (χ0n) is 15.4. The molecule has 6 heteroatoms. The first-order valence-electron chi connectivity index (χ1n) is 8.24. The lowest BCUT2D eigenvalue weighted by molar-refractivity contribution is -0.123. The number of ether oxygens (including phenoxy) is 1. The van der Waals surface area contributed by atoms with E-state index in [2.05, 4.69) is 31.3 Å². The molecule has 26 heavy (non-hydrogen) atoms. The van der Waals surface area contributed by atoms with E-state index in [1.54, 1.807) is 6.92 Å². The number of hydrogen-bond acceptors (Lipinski definition) is 5. The number of hydrazone groups is 1. The third-order valence-corrected chi connectivity index (χ3v) is 3.82. The molecule has 2 aromatic carbocycles. The van der Waals surface area contributed by atoms with Crippen molar-refractivity contribution in [2.24, 2.45) is 5.10 Å². The maximum Gasteiger partial charge on any atom is 0.277 e. The summed E-state index contributed by atoms with van der Waals surface area (Å²) in [7, 11) is 0. The molecule has 0 fully saturated rings. The maximum atomic E-state index is 11.8. The van der Waals surface area contributed by atoms with E-state index >= 15 is 0 Å². The highest BCUT2D eigenvalue weighted by molar-refractivity contribution is 5.87. The first-order valence-corrected chi connectivity index (χ1v) is 8.24. The van der Waals surface area contributed by atoms with Crippen LogP contribution in [0.5, 0.6) is 17.2 Å². The highest BCUT2D eigenvalue weighted by Crippen LogP contribution is 2.25. The minimum Gasteiger partial charge on any atom is -0.508 e. The second kappa shape index (κ2) is 7.91. The number of aryl methyl sites for hydroxylation is 1. The fourth-order valence-electron chi connectivity index (χ4n) is 2.33. The van der Waals surface area contributed by atoms with Crippen LogP contribution in [0.1, 0.15) is 37.5 Å². The van der Waals surface area contributed by atoms with Crippen LogP contribution in [-0.4, -0.2) is 28.9 Å². The smallest absolute Gasteiger partial charge is 0.277 e. The fourth-order valence-corrected chi connectivity index (χ4v) is 2.33. The minimum atomic E-state index is -0.419. The van der Waals surface area contributed by atoms with Crippen molar-refractivity contribution in [2.45, 2.75) is 33.1 Å². The molecule has 0 heterocycles. The molecule has 2 rings (SSSR count). The van der Waals surface area contributed by atoms with Gasteiger partial charge in [-0.3, -0.25) is 4.79 Å². The molecule has 0 spiro atoms. The van der Waals surface area contributed by atoms with Gasteiger partial charge >= 0.3 is 0 Å². The lowest BCUT2D eigenvalue weighted by atomic mass is 9.87. The van der Waals surface area contributed by atoms with Gasteiger partial charge < -0.3 is 14.9 Å². The molecule has 0 atom stereocenters. The summed E-state index contributed by atoms with van der Waals surface area (Å²) >= 11 is 0. The Morgan fingerprint density at radius 2 is 1.85 bits per heavy atom. The van der Waals surface area contributed by atoms with Gasteiger partial charge in [0.2, 0.25) is 0 Å². The van der Waals surface area contributed by atoms with Crippen LogP contribution >= 0.6 is 0 Å². The molecular weight excluding hydrogens is 332 g/mol. The Hall–Kier alpha value is -3.02. The molecule has 1 amide bonds. The lowest BCUT2D eigenvalue weighted by Crippen LogP contribution is -2.24. The second-order valence-electron chi connectivity index (χ2n) is 7.05. The molecule has 0 unspecified atom stereocenters. The van der Waals surface area contributed by atoms with Gasteiger partial charge in [-0.25, -0.2) is 5.43 Å². The third-order valence-electron chi connectivity index (χ3n) is 3.82. The molecular formula is C20H24N2O4. The van der Waals surface area contributed by atoms with E-state index in [1.165, 1.54) is 23.9 Å². The molecule has 0 saturated heterocycles. The Morgan fingerprint density at radius 3 is 2.42 bits per heavy atom. The zero-order valence-corrected chi connectivity index (χ0v) is 15.4. The predicted octanol–water partition coefficient (Wildman–Crippen LogP) is 3.23. The Bertz CT molecular complexity index is 783. The van der Waals surface area contributed by atoms with E-state index in [0.717, 1.165) is 0 Å². The monoisotopic (exact) mass is 356 g/mol. The van der Waals surface area contributed by atoms with Gasteiger partial charge in [-0.15, -0.1) is 0 Å². The van der Waals surface area contributed by atoms with Crippen LogP contribution in [0.4, 0.5) is 0 Å². The van der Waals surface area contributed by atoms with E-state index in [1.807, 2.05) is 24.3 Å². The van der Waals surface area contributed by atoms with Gasteiger partial charge in [0.25, 0.3) is 5.91 Å². The molecule has 0 aliphatic carbocycles. The largest absolute Gasteiger partial charge is 0.508 e. The van der Waals surface area contributed by atoms with Gasteiger partial charge in [-0.1, -0.05) is 32.9 Å². The highest BCUT2D eigenvalue weighted by atomic mass is 16.5. The summed E-state index contributed by atoms with van der Waals surface area (Å²) in [6.07, 6.45) is 1.32. The molecule has 138 valence electrons. The van der Waals surface area contributed by atoms with Crippen molar-refractivity contribution in [3.63, 3.8) is 0 Å². The molecule has 0 aromatic heterocycles.